The number of hydrogen-bond acceptors (Lipinski definition) is 3. The standard InChI is InChI=1S/C22H43N5O.HI/c1-8-23-21(25-19-9-10-26(14-19)20(28)16(2)3)24-15-22(6,7)27-12-17(4)11-18(5)13-27;/h16-19H,8-15H2,1-7H3,(H2,23,24,25);1H. The lowest BCUT2D eigenvalue weighted by molar-refractivity contribution is -0.133. The molecule has 3 unspecified atom stereocenters. The first-order valence-corrected chi connectivity index (χ1v) is 11.2. The Morgan fingerprint density at radius 1 is 1.17 bits per heavy atom. The molecule has 1 amide bonds. The second kappa shape index (κ2) is 11.7. The van der Waals surface area contributed by atoms with Gasteiger partial charge in [-0.25, -0.2) is 0 Å². The molecular weight excluding hydrogens is 477 g/mol. The van der Waals surface area contributed by atoms with E-state index >= 15 is 0 Å². The van der Waals surface area contributed by atoms with Crippen LogP contribution in [0.25, 0.3) is 0 Å². The third-order valence-electron chi connectivity index (χ3n) is 6.03. The quantitative estimate of drug-likeness (QED) is 0.320. The Balaban J connectivity index is 0.00000420. The van der Waals surface area contributed by atoms with Crippen LogP contribution in [0, 0.1) is 17.8 Å². The van der Waals surface area contributed by atoms with Gasteiger partial charge in [0.1, 0.15) is 0 Å². The number of nitrogens with zero attached hydrogens (tertiary/aromatic N) is 3. The maximum Gasteiger partial charge on any atom is 0.225 e. The van der Waals surface area contributed by atoms with Crippen LogP contribution in [0.1, 0.15) is 61.3 Å². The molecule has 0 aromatic carbocycles. The summed E-state index contributed by atoms with van der Waals surface area (Å²) in [7, 11) is 0. The van der Waals surface area contributed by atoms with Gasteiger partial charge in [0.15, 0.2) is 5.96 Å². The maximum atomic E-state index is 12.2. The van der Waals surface area contributed by atoms with Gasteiger partial charge in [-0.2, -0.15) is 0 Å². The third-order valence-corrected chi connectivity index (χ3v) is 6.03. The molecule has 6 nitrogen and oxygen atoms in total. The molecule has 170 valence electrons. The van der Waals surface area contributed by atoms with E-state index in [1.165, 1.54) is 6.42 Å². The van der Waals surface area contributed by atoms with Crippen molar-refractivity contribution in [2.45, 2.75) is 72.9 Å². The van der Waals surface area contributed by atoms with Crippen molar-refractivity contribution in [2.75, 3.05) is 39.3 Å². The zero-order valence-electron chi connectivity index (χ0n) is 19.6. The van der Waals surface area contributed by atoms with Crippen LogP contribution in [0.5, 0.6) is 0 Å². The summed E-state index contributed by atoms with van der Waals surface area (Å²) in [6.45, 7) is 20.9. The van der Waals surface area contributed by atoms with E-state index in [1.807, 2.05) is 18.7 Å². The minimum Gasteiger partial charge on any atom is -0.357 e. The first-order valence-electron chi connectivity index (χ1n) is 11.2. The molecule has 0 spiro atoms. The molecule has 2 fully saturated rings. The topological polar surface area (TPSA) is 60.0 Å². The molecule has 2 heterocycles. The van der Waals surface area contributed by atoms with Crippen molar-refractivity contribution in [3.63, 3.8) is 0 Å². The molecule has 0 saturated carbocycles. The van der Waals surface area contributed by atoms with E-state index in [2.05, 4.69) is 50.2 Å². The van der Waals surface area contributed by atoms with Crippen molar-refractivity contribution in [1.82, 2.24) is 20.4 Å². The highest BCUT2D eigenvalue weighted by atomic mass is 127. The van der Waals surface area contributed by atoms with Gasteiger partial charge in [-0.15, -0.1) is 24.0 Å². The highest BCUT2D eigenvalue weighted by Gasteiger charge is 2.33. The minimum absolute atomic E-state index is 0. The molecule has 2 N–H and O–H groups in total. The predicted molar refractivity (Wildman–Crippen MR) is 133 cm³/mol. The number of nitrogens with one attached hydrogen (secondary N) is 2. The lowest BCUT2D eigenvalue weighted by Crippen LogP contribution is -2.53. The van der Waals surface area contributed by atoms with Crippen molar-refractivity contribution in [2.24, 2.45) is 22.7 Å². The van der Waals surface area contributed by atoms with Crippen LogP contribution in [0.15, 0.2) is 4.99 Å². The van der Waals surface area contributed by atoms with E-state index in [1.54, 1.807) is 0 Å². The maximum absolute atomic E-state index is 12.2. The number of carbonyl (C=O) groups excluding carboxylic acids is 1. The number of guanidine groups is 1. The summed E-state index contributed by atoms with van der Waals surface area (Å²) in [5, 5.41) is 6.95. The largest absolute Gasteiger partial charge is 0.357 e. The Bertz CT molecular complexity index is 541. The molecule has 0 aliphatic carbocycles. The van der Waals surface area contributed by atoms with Crippen LogP contribution in [-0.2, 0) is 4.79 Å². The number of hydrogen-bond donors (Lipinski definition) is 2. The van der Waals surface area contributed by atoms with Crippen molar-refractivity contribution >= 4 is 35.8 Å². The number of piperidine rings is 1. The summed E-state index contributed by atoms with van der Waals surface area (Å²) >= 11 is 0. The van der Waals surface area contributed by atoms with Crippen LogP contribution in [0.3, 0.4) is 0 Å². The predicted octanol–water partition coefficient (Wildman–Crippen LogP) is 3.17. The smallest absolute Gasteiger partial charge is 0.225 e. The Hall–Kier alpha value is -0.570. The molecule has 29 heavy (non-hydrogen) atoms. The summed E-state index contributed by atoms with van der Waals surface area (Å²) in [5.41, 5.74) is 0.0423. The molecule has 0 aromatic rings. The Labute approximate surface area is 195 Å². The normalized spacial score (nSPS) is 26.4. The molecule has 2 saturated heterocycles. The Kier molecular flexibility index (Phi) is 10.7. The van der Waals surface area contributed by atoms with E-state index in [0.717, 1.165) is 63.5 Å². The average Bonchev–Trinajstić information content (AvgIpc) is 3.06. The average molecular weight is 522 g/mol. The molecule has 2 aliphatic heterocycles. The second-order valence-electron chi connectivity index (χ2n) is 9.93. The fourth-order valence-corrected chi connectivity index (χ4v) is 4.49. The van der Waals surface area contributed by atoms with Gasteiger partial charge in [0.2, 0.25) is 5.91 Å². The van der Waals surface area contributed by atoms with Crippen LogP contribution in [0.4, 0.5) is 0 Å². The Morgan fingerprint density at radius 3 is 2.34 bits per heavy atom. The lowest BCUT2D eigenvalue weighted by Gasteiger charge is -2.44. The van der Waals surface area contributed by atoms with Gasteiger partial charge in [-0.1, -0.05) is 27.7 Å². The van der Waals surface area contributed by atoms with E-state index in [9.17, 15) is 4.79 Å². The van der Waals surface area contributed by atoms with E-state index < -0.39 is 0 Å². The molecule has 7 heteroatoms. The number of rotatable bonds is 6. The van der Waals surface area contributed by atoms with Gasteiger partial charge >= 0.3 is 0 Å². The Morgan fingerprint density at radius 2 is 1.79 bits per heavy atom. The monoisotopic (exact) mass is 521 g/mol. The summed E-state index contributed by atoms with van der Waals surface area (Å²) in [4.78, 5) is 21.7. The fourth-order valence-electron chi connectivity index (χ4n) is 4.49. The summed E-state index contributed by atoms with van der Waals surface area (Å²) in [5.74, 6) is 2.69. The van der Waals surface area contributed by atoms with Crippen LogP contribution >= 0.6 is 24.0 Å². The zero-order valence-corrected chi connectivity index (χ0v) is 22.0. The van der Waals surface area contributed by atoms with Gasteiger partial charge in [0, 0.05) is 50.2 Å². The van der Waals surface area contributed by atoms with Gasteiger partial charge < -0.3 is 15.5 Å². The lowest BCUT2D eigenvalue weighted by atomic mass is 9.88. The third kappa shape index (κ3) is 7.89. The fraction of sp³-hybridized carbons (Fsp3) is 0.909. The molecule has 2 rings (SSSR count). The van der Waals surface area contributed by atoms with Gasteiger partial charge in [0.05, 0.1) is 6.54 Å². The number of amides is 1. The second-order valence-corrected chi connectivity index (χ2v) is 9.93. The number of carbonyl (C=O) groups is 1. The van der Waals surface area contributed by atoms with Crippen LogP contribution < -0.4 is 10.6 Å². The number of aliphatic imine (C=N–C) groups is 1. The van der Waals surface area contributed by atoms with Crippen LogP contribution in [-0.4, -0.2) is 72.5 Å². The van der Waals surface area contributed by atoms with Gasteiger partial charge in [-0.3, -0.25) is 14.7 Å². The summed E-state index contributed by atoms with van der Waals surface area (Å²) in [6.07, 6.45) is 2.31. The highest BCUT2D eigenvalue weighted by molar-refractivity contribution is 14.0. The first-order chi connectivity index (χ1) is 13.1. The highest BCUT2D eigenvalue weighted by Crippen LogP contribution is 2.27. The molecule has 0 bridgehead atoms. The van der Waals surface area contributed by atoms with E-state index in [4.69, 9.17) is 4.99 Å². The minimum atomic E-state index is 0. The zero-order chi connectivity index (χ0) is 20.9. The molecule has 2 aliphatic rings. The molecule has 3 atom stereocenters. The number of likely N-dealkylation sites (tertiary alicyclic amines) is 2. The number of halogens is 1. The summed E-state index contributed by atoms with van der Waals surface area (Å²) in [6, 6.07) is 0.277. The van der Waals surface area contributed by atoms with Crippen LogP contribution in [0.2, 0.25) is 0 Å². The van der Waals surface area contributed by atoms with Crippen molar-refractivity contribution in [3.8, 4) is 0 Å². The van der Waals surface area contributed by atoms with Crippen molar-refractivity contribution in [1.29, 1.82) is 0 Å². The summed E-state index contributed by atoms with van der Waals surface area (Å²) < 4.78 is 0. The van der Waals surface area contributed by atoms with Crippen molar-refractivity contribution < 1.29 is 4.79 Å². The van der Waals surface area contributed by atoms with Gasteiger partial charge in [0.25, 0.3) is 0 Å². The molecular formula is C22H44IN5O. The van der Waals surface area contributed by atoms with Gasteiger partial charge in [-0.05, 0) is 45.4 Å². The van der Waals surface area contributed by atoms with Crippen molar-refractivity contribution in [3.05, 3.63) is 0 Å². The van der Waals surface area contributed by atoms with E-state index in [0.29, 0.717) is 0 Å². The SMILES string of the molecule is CCNC(=NCC(C)(C)N1CC(C)CC(C)C1)NC1CCN(C(=O)C(C)C)C1.I. The molecule has 0 aromatic heterocycles. The van der Waals surface area contributed by atoms with E-state index in [-0.39, 0.29) is 47.4 Å². The molecule has 0 radical (unpaired) electrons. The first kappa shape index (κ1) is 26.5.